The summed E-state index contributed by atoms with van der Waals surface area (Å²) in [5.41, 5.74) is 6.73. The molecule has 0 radical (unpaired) electrons. The summed E-state index contributed by atoms with van der Waals surface area (Å²) < 4.78 is 34.2. The molecule has 2 N–H and O–H groups in total. The molecule has 12 heteroatoms. The van der Waals surface area contributed by atoms with E-state index in [0.717, 1.165) is 34.1 Å². The second kappa shape index (κ2) is 12.7. The molecule has 0 spiro atoms. The molecule has 0 bridgehead atoms. The van der Waals surface area contributed by atoms with Crippen LogP contribution in [0.3, 0.4) is 0 Å². The predicted molar refractivity (Wildman–Crippen MR) is 182 cm³/mol. The molecule has 10 nitrogen and oxygen atoms in total. The number of aromatic nitrogens is 4. The Labute approximate surface area is 274 Å². The number of nitrogens with one attached hydrogen (secondary N) is 2. The van der Waals surface area contributed by atoms with E-state index in [9.17, 15) is 13.2 Å². The molecule has 1 atom stereocenters. The predicted octanol–water partition coefficient (Wildman–Crippen LogP) is 7.15. The van der Waals surface area contributed by atoms with Crippen molar-refractivity contribution in [1.29, 1.82) is 0 Å². The summed E-state index contributed by atoms with van der Waals surface area (Å²) in [5.74, 6) is 0.114. The van der Waals surface area contributed by atoms with Gasteiger partial charge in [-0.05, 0) is 64.8 Å². The first-order valence-corrected chi connectivity index (χ1v) is 17.0. The lowest BCUT2D eigenvalue weighted by Crippen LogP contribution is -2.36. The number of nitrogens with zero attached hydrogens (tertiary/aromatic N) is 4. The van der Waals surface area contributed by atoms with E-state index in [1.54, 1.807) is 36.4 Å². The molecule has 0 saturated heterocycles. The molecule has 0 aliphatic rings. The van der Waals surface area contributed by atoms with Crippen LogP contribution >= 0.6 is 11.6 Å². The number of carbonyl (C=O) groups excluding carboxylic acids is 1. The molecule has 3 aromatic heterocycles. The lowest BCUT2D eigenvalue weighted by Gasteiger charge is -2.25. The van der Waals surface area contributed by atoms with Gasteiger partial charge in [0.1, 0.15) is 5.60 Å². The van der Waals surface area contributed by atoms with Gasteiger partial charge in [-0.25, -0.2) is 13.2 Å². The summed E-state index contributed by atoms with van der Waals surface area (Å²) in [4.78, 5) is 22.5. The van der Waals surface area contributed by atoms with Gasteiger partial charge in [-0.15, -0.1) is 0 Å². The average molecular weight is 661 g/mol. The number of halogens is 1. The van der Waals surface area contributed by atoms with Crippen LogP contribution in [0.1, 0.15) is 49.2 Å². The van der Waals surface area contributed by atoms with E-state index in [-0.39, 0.29) is 5.82 Å². The molecule has 5 rings (SSSR count). The maximum absolute atomic E-state index is 13.3. The van der Waals surface area contributed by atoms with Crippen molar-refractivity contribution in [2.24, 2.45) is 7.05 Å². The first-order chi connectivity index (χ1) is 21.6. The lowest BCUT2D eigenvalue weighted by atomic mass is 9.92. The van der Waals surface area contributed by atoms with Crippen LogP contribution in [0.4, 0.5) is 10.6 Å². The van der Waals surface area contributed by atoms with Crippen molar-refractivity contribution in [3.05, 3.63) is 94.5 Å². The van der Waals surface area contributed by atoms with E-state index in [1.165, 1.54) is 0 Å². The second-order valence-electron chi connectivity index (χ2n) is 12.5. The van der Waals surface area contributed by atoms with E-state index < -0.39 is 27.8 Å². The number of aryl methyl sites for hydroxylation is 3. The van der Waals surface area contributed by atoms with Crippen LogP contribution in [0.5, 0.6) is 0 Å². The fraction of sp³-hybridized carbons (Fsp3) is 0.294. The molecule has 0 aliphatic heterocycles. The fourth-order valence-electron chi connectivity index (χ4n) is 5.59. The molecular formula is C34H37ClN6O4S. The summed E-state index contributed by atoms with van der Waals surface area (Å²) >= 11 is 6.67. The molecule has 5 aromatic rings. The molecular weight excluding hydrogens is 624 g/mol. The van der Waals surface area contributed by atoms with Gasteiger partial charge in [-0.3, -0.25) is 19.4 Å². The third-order valence-corrected chi connectivity index (χ3v) is 8.04. The number of benzene rings is 2. The van der Waals surface area contributed by atoms with Gasteiger partial charge >= 0.3 is 6.09 Å². The molecule has 46 heavy (non-hydrogen) atoms. The fourth-order valence-corrected chi connectivity index (χ4v) is 6.33. The SMILES string of the molecule is Cc1cc(C)cc(CC(NC(=O)OC(C)(C)C)c2ncc(-c3cccnc3)cc2-c2ccc(Cl)c3c(NS(C)(=O)=O)nn(C)c23)c1. The van der Waals surface area contributed by atoms with Gasteiger partial charge in [-0.2, -0.15) is 5.10 Å². The number of hydrogen-bond donors (Lipinski definition) is 2. The standard InChI is InChI=1S/C34H37ClN6O4S/c1-20-13-21(2)15-22(14-20)16-28(38-33(42)45-34(3,4)5)30-26(17-24(19-37-30)23-9-8-12-36-18-23)25-10-11-27(35)29-31(25)41(6)39-32(29)40-46(7,43)44/h8-15,17-19,28H,16H2,1-7H3,(H,38,42)(H,39,40). The van der Waals surface area contributed by atoms with Crippen molar-refractivity contribution in [2.75, 3.05) is 11.0 Å². The number of pyridine rings is 2. The van der Waals surface area contributed by atoms with Crippen molar-refractivity contribution in [1.82, 2.24) is 25.1 Å². The Morgan fingerprint density at radius 3 is 2.37 bits per heavy atom. The zero-order valence-corrected chi connectivity index (χ0v) is 28.4. The van der Waals surface area contributed by atoms with Crippen LogP contribution in [0.15, 0.2) is 67.1 Å². The number of ether oxygens (including phenoxy) is 1. The minimum atomic E-state index is -3.65. The maximum atomic E-state index is 13.3. The number of alkyl carbamates (subject to hydrolysis) is 1. The Bertz CT molecular complexity index is 2020. The summed E-state index contributed by atoms with van der Waals surface area (Å²) in [6.07, 6.45) is 6.12. The first-order valence-electron chi connectivity index (χ1n) is 14.7. The normalized spacial score (nSPS) is 12.6. The number of carbonyl (C=O) groups is 1. The summed E-state index contributed by atoms with van der Waals surface area (Å²) in [6.45, 7) is 9.51. The van der Waals surface area contributed by atoms with Crippen molar-refractivity contribution < 1.29 is 17.9 Å². The number of fused-ring (bicyclic) bond motifs is 1. The summed E-state index contributed by atoms with van der Waals surface area (Å²) in [6, 6.07) is 15.0. The number of hydrogen-bond acceptors (Lipinski definition) is 7. The zero-order chi connectivity index (χ0) is 33.4. The third kappa shape index (κ3) is 7.66. The van der Waals surface area contributed by atoms with Crippen LogP contribution in [-0.4, -0.2) is 46.1 Å². The highest BCUT2D eigenvalue weighted by Gasteiger charge is 2.27. The highest BCUT2D eigenvalue weighted by molar-refractivity contribution is 7.92. The Morgan fingerprint density at radius 2 is 1.74 bits per heavy atom. The van der Waals surface area contributed by atoms with Crippen LogP contribution in [-0.2, 0) is 28.2 Å². The van der Waals surface area contributed by atoms with Crippen LogP contribution < -0.4 is 10.0 Å². The van der Waals surface area contributed by atoms with Gasteiger partial charge in [-0.1, -0.05) is 53.1 Å². The number of rotatable bonds is 8. The quantitative estimate of drug-likeness (QED) is 0.181. The van der Waals surface area contributed by atoms with Crippen LogP contribution in [0.25, 0.3) is 33.2 Å². The van der Waals surface area contributed by atoms with Crippen LogP contribution in [0, 0.1) is 13.8 Å². The van der Waals surface area contributed by atoms with Crippen molar-refractivity contribution >= 4 is 44.4 Å². The molecule has 0 fully saturated rings. The monoisotopic (exact) mass is 660 g/mol. The van der Waals surface area contributed by atoms with Gasteiger partial charge in [0.2, 0.25) is 10.0 Å². The molecule has 0 aliphatic carbocycles. The van der Waals surface area contributed by atoms with E-state index in [1.807, 2.05) is 58.9 Å². The smallest absolute Gasteiger partial charge is 0.408 e. The summed E-state index contributed by atoms with van der Waals surface area (Å²) in [5, 5.41) is 8.32. The summed E-state index contributed by atoms with van der Waals surface area (Å²) in [7, 11) is -1.93. The van der Waals surface area contributed by atoms with E-state index in [0.29, 0.717) is 39.2 Å². The van der Waals surface area contributed by atoms with E-state index in [4.69, 9.17) is 21.3 Å². The van der Waals surface area contributed by atoms with E-state index in [2.05, 4.69) is 38.3 Å². The Kier molecular flexibility index (Phi) is 9.10. The minimum Gasteiger partial charge on any atom is -0.444 e. The minimum absolute atomic E-state index is 0.114. The molecule has 1 amide bonds. The van der Waals surface area contributed by atoms with Gasteiger partial charge in [0.25, 0.3) is 0 Å². The second-order valence-corrected chi connectivity index (χ2v) is 14.6. The van der Waals surface area contributed by atoms with Gasteiger partial charge in [0, 0.05) is 47.9 Å². The Hall–Kier alpha value is -4.48. The van der Waals surface area contributed by atoms with Gasteiger partial charge < -0.3 is 10.1 Å². The Balaban J connectivity index is 1.77. The van der Waals surface area contributed by atoms with E-state index >= 15 is 0 Å². The molecule has 0 saturated carbocycles. The molecule has 240 valence electrons. The third-order valence-electron chi connectivity index (χ3n) is 7.17. The number of sulfonamides is 1. The molecule has 1 unspecified atom stereocenters. The van der Waals surface area contributed by atoms with Crippen molar-refractivity contribution in [2.45, 2.75) is 52.7 Å². The molecule has 3 heterocycles. The largest absolute Gasteiger partial charge is 0.444 e. The highest BCUT2D eigenvalue weighted by atomic mass is 35.5. The Morgan fingerprint density at radius 1 is 1.02 bits per heavy atom. The highest BCUT2D eigenvalue weighted by Crippen LogP contribution is 2.41. The zero-order valence-electron chi connectivity index (χ0n) is 26.8. The number of anilines is 1. The maximum Gasteiger partial charge on any atom is 0.408 e. The topological polar surface area (TPSA) is 128 Å². The van der Waals surface area contributed by atoms with Crippen LogP contribution in [0.2, 0.25) is 5.02 Å². The molecule has 2 aromatic carbocycles. The van der Waals surface area contributed by atoms with Crippen molar-refractivity contribution in [3.63, 3.8) is 0 Å². The first kappa shape index (κ1) is 32.9. The van der Waals surface area contributed by atoms with Gasteiger partial charge in [0.15, 0.2) is 5.82 Å². The average Bonchev–Trinajstić information content (AvgIpc) is 3.26. The lowest BCUT2D eigenvalue weighted by molar-refractivity contribution is 0.0502. The van der Waals surface area contributed by atoms with Gasteiger partial charge in [0.05, 0.1) is 33.9 Å². The van der Waals surface area contributed by atoms with Crippen molar-refractivity contribution in [3.8, 4) is 22.3 Å². The number of amides is 1.